The van der Waals surface area contributed by atoms with Crippen LogP contribution in [0.3, 0.4) is 0 Å². The van der Waals surface area contributed by atoms with E-state index >= 15 is 0 Å². The number of hydrogen-bond donors (Lipinski definition) is 1. The summed E-state index contributed by atoms with van der Waals surface area (Å²) < 4.78 is 13.7. The molecule has 11 heavy (non-hydrogen) atoms. The fourth-order valence-corrected chi connectivity index (χ4v) is 1.97. The molecule has 0 radical (unpaired) electrons. The summed E-state index contributed by atoms with van der Waals surface area (Å²) in [6.45, 7) is 0.210. The van der Waals surface area contributed by atoms with Crippen LogP contribution in [0.4, 0.5) is 4.39 Å². The lowest BCUT2D eigenvalue weighted by molar-refractivity contribution is 0.609. The molecule has 0 atom stereocenters. The second-order valence-corrected chi connectivity index (χ2v) is 3.65. The second kappa shape index (κ2) is 3.69. The summed E-state index contributed by atoms with van der Waals surface area (Å²) in [5, 5.41) is 0.407. The molecule has 0 aliphatic carbocycles. The first-order valence-corrected chi connectivity index (χ1v) is 4.44. The standard InChI is InChI=1S/C7H6ClFIN/c8-4-1-6(9)5(3-11)7(10)2-4/h1-2H,3,11H2. The van der Waals surface area contributed by atoms with Crippen LogP contribution in [0.1, 0.15) is 5.56 Å². The maximum absolute atomic E-state index is 12.9. The molecular formula is C7H6ClFIN. The van der Waals surface area contributed by atoms with E-state index in [1.807, 2.05) is 22.6 Å². The van der Waals surface area contributed by atoms with Crippen LogP contribution in [0.2, 0.25) is 5.02 Å². The maximum atomic E-state index is 12.9. The molecule has 0 saturated carbocycles. The van der Waals surface area contributed by atoms with Gasteiger partial charge in [-0.05, 0) is 34.7 Å². The molecule has 0 aliphatic heterocycles. The topological polar surface area (TPSA) is 26.0 Å². The van der Waals surface area contributed by atoms with Gasteiger partial charge in [-0.3, -0.25) is 0 Å². The number of nitrogens with two attached hydrogens (primary N) is 1. The fourth-order valence-electron chi connectivity index (χ4n) is 0.767. The summed E-state index contributed by atoms with van der Waals surface area (Å²) >= 11 is 7.60. The number of rotatable bonds is 1. The molecule has 2 N–H and O–H groups in total. The molecule has 60 valence electrons. The molecular weight excluding hydrogens is 279 g/mol. The van der Waals surface area contributed by atoms with Crippen LogP contribution in [0.25, 0.3) is 0 Å². The Kier molecular flexibility index (Phi) is 3.09. The van der Waals surface area contributed by atoms with E-state index < -0.39 is 0 Å². The van der Waals surface area contributed by atoms with Crippen molar-refractivity contribution in [3.8, 4) is 0 Å². The van der Waals surface area contributed by atoms with Gasteiger partial charge in [0.2, 0.25) is 0 Å². The van der Waals surface area contributed by atoms with Gasteiger partial charge in [-0.15, -0.1) is 0 Å². The summed E-state index contributed by atoms with van der Waals surface area (Å²) in [6, 6.07) is 2.96. The number of halogens is 3. The Labute approximate surface area is 82.9 Å². The Hall–Kier alpha value is 0.130. The lowest BCUT2D eigenvalue weighted by Crippen LogP contribution is -2.02. The second-order valence-electron chi connectivity index (χ2n) is 2.05. The Balaban J connectivity index is 3.25. The summed E-state index contributed by atoms with van der Waals surface area (Å²) in [5.74, 6) is -0.329. The molecule has 1 nitrogen and oxygen atoms in total. The third-order valence-electron chi connectivity index (χ3n) is 1.31. The highest BCUT2D eigenvalue weighted by atomic mass is 127. The van der Waals surface area contributed by atoms with Crippen molar-refractivity contribution in [1.82, 2.24) is 0 Å². The van der Waals surface area contributed by atoms with Crippen LogP contribution in [-0.4, -0.2) is 0 Å². The molecule has 1 rings (SSSR count). The van der Waals surface area contributed by atoms with Crippen LogP contribution in [0.15, 0.2) is 12.1 Å². The van der Waals surface area contributed by atoms with Gasteiger partial charge < -0.3 is 5.73 Å². The van der Waals surface area contributed by atoms with Crippen molar-refractivity contribution in [2.75, 3.05) is 0 Å². The maximum Gasteiger partial charge on any atom is 0.130 e. The molecule has 0 bridgehead atoms. The van der Waals surface area contributed by atoms with Crippen LogP contribution < -0.4 is 5.73 Å². The van der Waals surface area contributed by atoms with E-state index in [9.17, 15) is 4.39 Å². The zero-order valence-electron chi connectivity index (χ0n) is 5.57. The van der Waals surface area contributed by atoms with Gasteiger partial charge in [0.15, 0.2) is 0 Å². The van der Waals surface area contributed by atoms with Gasteiger partial charge in [-0.1, -0.05) is 11.6 Å². The van der Waals surface area contributed by atoms with Gasteiger partial charge in [0.25, 0.3) is 0 Å². The van der Waals surface area contributed by atoms with Crippen molar-refractivity contribution in [3.05, 3.63) is 32.1 Å². The van der Waals surface area contributed by atoms with E-state index in [0.29, 0.717) is 10.6 Å². The van der Waals surface area contributed by atoms with Crippen LogP contribution in [0.5, 0.6) is 0 Å². The average molecular weight is 285 g/mol. The van der Waals surface area contributed by atoms with Gasteiger partial charge in [-0.2, -0.15) is 0 Å². The van der Waals surface area contributed by atoms with Crippen molar-refractivity contribution in [3.63, 3.8) is 0 Å². The summed E-state index contributed by atoms with van der Waals surface area (Å²) in [4.78, 5) is 0. The largest absolute Gasteiger partial charge is 0.326 e. The highest BCUT2D eigenvalue weighted by Crippen LogP contribution is 2.20. The third kappa shape index (κ3) is 2.04. The predicted molar refractivity (Wildman–Crippen MR) is 52.0 cm³/mol. The van der Waals surface area contributed by atoms with E-state index in [2.05, 4.69) is 0 Å². The van der Waals surface area contributed by atoms with E-state index in [4.69, 9.17) is 17.3 Å². The highest BCUT2D eigenvalue weighted by Gasteiger charge is 2.05. The Morgan fingerprint density at radius 2 is 2.18 bits per heavy atom. The minimum atomic E-state index is -0.329. The number of benzene rings is 1. The quantitative estimate of drug-likeness (QED) is 0.789. The predicted octanol–water partition coefficient (Wildman–Crippen LogP) is 2.54. The minimum Gasteiger partial charge on any atom is -0.326 e. The lowest BCUT2D eigenvalue weighted by atomic mass is 10.2. The first-order valence-electron chi connectivity index (χ1n) is 2.98. The van der Waals surface area contributed by atoms with Crippen molar-refractivity contribution >= 4 is 34.2 Å². The molecule has 0 aromatic heterocycles. The monoisotopic (exact) mass is 285 g/mol. The molecule has 0 amide bonds. The van der Waals surface area contributed by atoms with Crippen molar-refractivity contribution in [2.45, 2.75) is 6.54 Å². The first kappa shape index (κ1) is 9.22. The summed E-state index contributed by atoms with van der Waals surface area (Å²) in [6.07, 6.45) is 0. The smallest absolute Gasteiger partial charge is 0.130 e. The van der Waals surface area contributed by atoms with Gasteiger partial charge in [0.1, 0.15) is 5.82 Å². The minimum absolute atomic E-state index is 0.210. The Morgan fingerprint density at radius 3 is 2.64 bits per heavy atom. The molecule has 0 fully saturated rings. The SMILES string of the molecule is NCc1c(F)cc(Cl)cc1I. The molecule has 4 heteroatoms. The molecule has 1 aromatic carbocycles. The summed E-state index contributed by atoms with van der Waals surface area (Å²) in [7, 11) is 0. The Morgan fingerprint density at radius 1 is 1.55 bits per heavy atom. The lowest BCUT2D eigenvalue weighted by Gasteiger charge is -2.02. The van der Waals surface area contributed by atoms with E-state index in [0.717, 1.165) is 3.57 Å². The Bertz CT molecular complexity index is 254. The molecule has 0 unspecified atom stereocenters. The third-order valence-corrected chi connectivity index (χ3v) is 2.49. The molecule has 1 aromatic rings. The molecule has 0 spiro atoms. The molecule has 0 heterocycles. The van der Waals surface area contributed by atoms with E-state index in [1.165, 1.54) is 6.07 Å². The van der Waals surface area contributed by atoms with Gasteiger partial charge in [-0.25, -0.2) is 4.39 Å². The first-order chi connectivity index (χ1) is 5.15. The van der Waals surface area contributed by atoms with Crippen molar-refractivity contribution in [1.29, 1.82) is 0 Å². The van der Waals surface area contributed by atoms with Crippen LogP contribution in [0, 0.1) is 9.39 Å². The zero-order valence-corrected chi connectivity index (χ0v) is 8.49. The van der Waals surface area contributed by atoms with Gasteiger partial charge >= 0.3 is 0 Å². The normalized spacial score (nSPS) is 10.2. The number of hydrogen-bond acceptors (Lipinski definition) is 1. The van der Waals surface area contributed by atoms with Gasteiger partial charge in [0.05, 0.1) is 0 Å². The van der Waals surface area contributed by atoms with Gasteiger partial charge in [0, 0.05) is 20.7 Å². The molecule has 0 saturated heterocycles. The average Bonchev–Trinajstić information content (AvgIpc) is 1.85. The van der Waals surface area contributed by atoms with Crippen LogP contribution >= 0.6 is 34.2 Å². The van der Waals surface area contributed by atoms with Crippen LogP contribution in [-0.2, 0) is 6.54 Å². The van der Waals surface area contributed by atoms with E-state index in [-0.39, 0.29) is 12.4 Å². The zero-order chi connectivity index (χ0) is 8.43. The fraction of sp³-hybridized carbons (Fsp3) is 0.143. The highest BCUT2D eigenvalue weighted by molar-refractivity contribution is 14.1. The summed E-state index contributed by atoms with van der Waals surface area (Å²) in [5.41, 5.74) is 5.84. The van der Waals surface area contributed by atoms with E-state index in [1.54, 1.807) is 6.07 Å². The van der Waals surface area contributed by atoms with Crippen molar-refractivity contribution in [2.24, 2.45) is 5.73 Å². The van der Waals surface area contributed by atoms with Crippen molar-refractivity contribution < 1.29 is 4.39 Å². The molecule has 0 aliphatic rings.